The van der Waals surface area contributed by atoms with Gasteiger partial charge in [-0.15, -0.1) is 12.3 Å². The molecule has 1 aliphatic carbocycles. The first-order valence-corrected chi connectivity index (χ1v) is 9.61. The van der Waals surface area contributed by atoms with Gasteiger partial charge in [0.25, 0.3) is 0 Å². The lowest BCUT2D eigenvalue weighted by Crippen LogP contribution is -2.11. The van der Waals surface area contributed by atoms with Crippen molar-refractivity contribution in [2.75, 3.05) is 7.11 Å². The van der Waals surface area contributed by atoms with Crippen LogP contribution >= 0.6 is 0 Å². The number of esters is 1. The Morgan fingerprint density at radius 2 is 2.04 bits per heavy atom. The highest BCUT2D eigenvalue weighted by molar-refractivity contribution is 5.95. The summed E-state index contributed by atoms with van der Waals surface area (Å²) in [5.74, 6) is 1.59. The molecule has 0 fully saturated rings. The molecule has 4 heteroatoms. The first-order valence-electron chi connectivity index (χ1n) is 9.61. The molecule has 1 aliphatic rings. The van der Waals surface area contributed by atoms with Crippen molar-refractivity contribution in [3.63, 3.8) is 0 Å². The summed E-state index contributed by atoms with van der Waals surface area (Å²) >= 11 is 0. The van der Waals surface area contributed by atoms with Crippen LogP contribution < -0.4 is 0 Å². The molecule has 2 rings (SSSR count). The van der Waals surface area contributed by atoms with Crippen molar-refractivity contribution in [2.45, 2.75) is 71.6 Å². The summed E-state index contributed by atoms with van der Waals surface area (Å²) in [6.07, 6.45) is 13.2. The highest BCUT2D eigenvalue weighted by Gasteiger charge is 2.27. The van der Waals surface area contributed by atoms with Crippen LogP contribution in [-0.4, -0.2) is 23.3 Å². The molecule has 27 heavy (non-hydrogen) atoms. The lowest BCUT2D eigenvalue weighted by Gasteiger charge is -2.23. The summed E-state index contributed by atoms with van der Waals surface area (Å²) in [6, 6.07) is 1.63. The summed E-state index contributed by atoms with van der Waals surface area (Å²) in [5, 5.41) is 21.3. The van der Waals surface area contributed by atoms with Gasteiger partial charge in [-0.05, 0) is 57.6 Å². The summed E-state index contributed by atoms with van der Waals surface area (Å²) < 4.78 is 4.87. The van der Waals surface area contributed by atoms with Gasteiger partial charge in [0, 0.05) is 11.5 Å². The van der Waals surface area contributed by atoms with Crippen LogP contribution in [0.15, 0.2) is 17.7 Å². The predicted octanol–water partition coefficient (Wildman–Crippen LogP) is 5.47. The van der Waals surface area contributed by atoms with Crippen LogP contribution in [0.1, 0.15) is 86.7 Å². The minimum absolute atomic E-state index is 0.0631. The van der Waals surface area contributed by atoms with Gasteiger partial charge in [-0.2, -0.15) is 0 Å². The predicted molar refractivity (Wildman–Crippen MR) is 109 cm³/mol. The Hall–Kier alpha value is -2.41. The lowest BCUT2D eigenvalue weighted by molar-refractivity contribution is 0.0595. The molecule has 0 radical (unpaired) electrons. The van der Waals surface area contributed by atoms with Crippen molar-refractivity contribution in [3.8, 4) is 23.8 Å². The van der Waals surface area contributed by atoms with Crippen molar-refractivity contribution in [3.05, 3.63) is 34.4 Å². The molecule has 0 aliphatic heterocycles. The molecule has 2 N–H and O–H groups in total. The zero-order valence-corrected chi connectivity index (χ0v) is 17.0. The van der Waals surface area contributed by atoms with Gasteiger partial charge in [0.1, 0.15) is 17.1 Å². The number of hydrogen-bond acceptors (Lipinski definition) is 4. The van der Waals surface area contributed by atoms with Gasteiger partial charge < -0.3 is 14.9 Å². The molecule has 0 bridgehead atoms. The third-order valence-corrected chi connectivity index (χ3v) is 4.78. The van der Waals surface area contributed by atoms with E-state index in [9.17, 15) is 15.0 Å². The van der Waals surface area contributed by atoms with Crippen LogP contribution in [0.2, 0.25) is 0 Å². The van der Waals surface area contributed by atoms with Crippen LogP contribution in [0, 0.1) is 12.3 Å². The number of carbonyl (C=O) groups excluding carboxylic acids is 1. The average molecular weight is 373 g/mol. The topological polar surface area (TPSA) is 66.8 Å². The van der Waals surface area contributed by atoms with E-state index in [1.807, 2.05) is 0 Å². The number of carbonyl (C=O) groups is 1. The second-order valence-corrected chi connectivity index (χ2v) is 6.94. The third-order valence-electron chi connectivity index (χ3n) is 4.78. The zero-order valence-electron chi connectivity index (χ0n) is 17.0. The van der Waals surface area contributed by atoms with Crippen molar-refractivity contribution in [1.82, 2.24) is 0 Å². The van der Waals surface area contributed by atoms with E-state index in [1.165, 1.54) is 12.7 Å². The molecule has 148 valence electrons. The highest BCUT2D eigenvalue weighted by atomic mass is 16.5. The molecule has 1 atom stereocenters. The second kappa shape index (κ2) is 11.3. The van der Waals surface area contributed by atoms with Crippen LogP contribution in [0.5, 0.6) is 11.5 Å². The van der Waals surface area contributed by atoms with Crippen LogP contribution in [0.3, 0.4) is 0 Å². The van der Waals surface area contributed by atoms with Gasteiger partial charge in [-0.25, -0.2) is 4.79 Å². The van der Waals surface area contributed by atoms with E-state index in [-0.39, 0.29) is 23.0 Å². The normalized spacial score (nSPS) is 15.8. The molecule has 0 saturated heterocycles. The number of phenols is 2. The van der Waals surface area contributed by atoms with Crippen molar-refractivity contribution >= 4 is 5.97 Å². The molecular formula is C23H32O4. The minimum atomic E-state index is -0.545. The Balaban J connectivity index is 0.00000114. The number of phenolic OH excluding ortho intramolecular Hbond substituents is 2. The van der Waals surface area contributed by atoms with E-state index in [0.29, 0.717) is 17.5 Å². The van der Waals surface area contributed by atoms with Crippen LogP contribution in [0.25, 0.3) is 0 Å². The van der Waals surface area contributed by atoms with Gasteiger partial charge >= 0.3 is 5.97 Å². The SMILES string of the molecule is C#CC.CCCCCc1cc(O)c([C@@H]2C=C(C)CCC2)c(O)c1C(=O)OC. The van der Waals surface area contributed by atoms with Gasteiger partial charge in [0.15, 0.2) is 0 Å². The van der Waals surface area contributed by atoms with Gasteiger partial charge in [-0.3, -0.25) is 0 Å². The highest BCUT2D eigenvalue weighted by Crippen LogP contribution is 2.44. The Kier molecular flexibility index (Phi) is 9.50. The second-order valence-electron chi connectivity index (χ2n) is 6.94. The summed E-state index contributed by atoms with van der Waals surface area (Å²) in [6.45, 7) is 5.82. The molecule has 0 unspecified atom stereocenters. The van der Waals surface area contributed by atoms with E-state index in [0.717, 1.165) is 38.5 Å². The van der Waals surface area contributed by atoms with E-state index in [1.54, 1.807) is 13.0 Å². The van der Waals surface area contributed by atoms with E-state index < -0.39 is 5.97 Å². The Morgan fingerprint density at radius 1 is 1.37 bits per heavy atom. The van der Waals surface area contributed by atoms with Crippen molar-refractivity contribution < 1.29 is 19.7 Å². The van der Waals surface area contributed by atoms with Crippen LogP contribution in [-0.2, 0) is 11.2 Å². The number of terminal acetylenes is 1. The molecule has 0 saturated carbocycles. The third kappa shape index (κ3) is 6.06. The molecule has 4 nitrogen and oxygen atoms in total. The summed E-state index contributed by atoms with van der Waals surface area (Å²) in [7, 11) is 1.31. The molecular weight excluding hydrogens is 340 g/mol. The quantitative estimate of drug-likeness (QED) is 0.301. The maximum absolute atomic E-state index is 12.2. The van der Waals surface area contributed by atoms with E-state index in [2.05, 4.69) is 32.3 Å². The van der Waals surface area contributed by atoms with Crippen molar-refractivity contribution in [1.29, 1.82) is 0 Å². The first-order chi connectivity index (χ1) is 12.9. The molecule has 0 heterocycles. The van der Waals surface area contributed by atoms with Crippen LogP contribution in [0.4, 0.5) is 0 Å². The maximum atomic E-state index is 12.2. The number of aromatic hydroxyl groups is 2. The fourth-order valence-corrected chi connectivity index (χ4v) is 3.52. The number of ether oxygens (including phenoxy) is 1. The standard InChI is InChI=1S/C20H28O4.C3H4/c1-4-5-6-9-15-12-16(21)17(14-10-7-8-13(2)11-14)19(22)18(15)20(23)24-3;1-3-2/h11-12,14,21-22H,4-10H2,1-3H3;1H,2H3/t14-;/m0./s1. The Labute approximate surface area is 163 Å². The zero-order chi connectivity index (χ0) is 20.4. The minimum Gasteiger partial charge on any atom is -0.507 e. The van der Waals surface area contributed by atoms with Crippen molar-refractivity contribution in [2.24, 2.45) is 0 Å². The van der Waals surface area contributed by atoms with Gasteiger partial charge in [0.2, 0.25) is 0 Å². The average Bonchev–Trinajstić information content (AvgIpc) is 2.62. The molecule has 1 aromatic carbocycles. The smallest absolute Gasteiger partial charge is 0.341 e. The van der Waals surface area contributed by atoms with E-state index in [4.69, 9.17) is 4.74 Å². The monoisotopic (exact) mass is 372 g/mol. The fourth-order valence-electron chi connectivity index (χ4n) is 3.52. The lowest BCUT2D eigenvalue weighted by atomic mass is 9.83. The number of benzene rings is 1. The Bertz CT molecular complexity index is 710. The molecule has 0 amide bonds. The molecule has 1 aromatic rings. The largest absolute Gasteiger partial charge is 0.507 e. The molecule has 0 spiro atoms. The number of rotatable bonds is 6. The number of hydrogen-bond donors (Lipinski definition) is 2. The molecule has 0 aromatic heterocycles. The first kappa shape index (κ1) is 22.6. The van der Waals surface area contributed by atoms with E-state index >= 15 is 0 Å². The summed E-state index contributed by atoms with van der Waals surface area (Å²) in [4.78, 5) is 12.2. The summed E-state index contributed by atoms with van der Waals surface area (Å²) in [5.41, 5.74) is 2.56. The Morgan fingerprint density at radius 3 is 2.59 bits per heavy atom. The number of methoxy groups -OCH3 is 1. The van der Waals surface area contributed by atoms with Gasteiger partial charge in [-0.1, -0.05) is 31.4 Å². The van der Waals surface area contributed by atoms with Gasteiger partial charge in [0.05, 0.1) is 7.11 Å². The number of allylic oxidation sites excluding steroid dienone is 2. The fraction of sp³-hybridized carbons (Fsp3) is 0.522. The maximum Gasteiger partial charge on any atom is 0.341 e. The number of unbranched alkanes of at least 4 members (excludes halogenated alkanes) is 2. The number of aryl methyl sites for hydroxylation is 1.